The predicted octanol–water partition coefficient (Wildman–Crippen LogP) is 3.49. The predicted molar refractivity (Wildman–Crippen MR) is 112 cm³/mol. The lowest BCUT2D eigenvalue weighted by Crippen LogP contribution is -2.87. The number of fused-ring (bicyclic) bond motifs is 1. The number of hydrogen-bond donors (Lipinski definition) is 1. The molecule has 1 amide bonds. The molecule has 2 aliphatic heterocycles. The van der Waals surface area contributed by atoms with Gasteiger partial charge in [0.1, 0.15) is 6.04 Å². The van der Waals surface area contributed by atoms with E-state index in [9.17, 15) is 4.79 Å². The van der Waals surface area contributed by atoms with Gasteiger partial charge in [0.25, 0.3) is 5.91 Å². The highest BCUT2D eigenvalue weighted by atomic mass is 35.5. The minimum atomic E-state index is 0.101. The summed E-state index contributed by atoms with van der Waals surface area (Å²) in [5.41, 5.74) is 2.18. The second-order valence-corrected chi connectivity index (χ2v) is 8.16. The molecule has 2 heterocycles. The maximum Gasteiger partial charge on any atom is 0.278 e. The molecule has 2 aromatic rings. The van der Waals surface area contributed by atoms with Crippen LogP contribution in [0.2, 0.25) is 5.02 Å². The van der Waals surface area contributed by atoms with Crippen molar-refractivity contribution in [3.8, 4) is 11.5 Å². The van der Waals surface area contributed by atoms with E-state index in [4.69, 9.17) is 21.1 Å². The van der Waals surface area contributed by atoms with Gasteiger partial charge in [-0.15, -0.1) is 0 Å². The molecule has 6 heteroatoms. The van der Waals surface area contributed by atoms with Crippen LogP contribution in [0.5, 0.6) is 11.5 Å². The quantitative estimate of drug-likeness (QED) is 0.813. The van der Waals surface area contributed by atoms with Crippen LogP contribution in [0.15, 0.2) is 42.5 Å². The summed E-state index contributed by atoms with van der Waals surface area (Å²) in [5, 5.41) is 2.81. The van der Waals surface area contributed by atoms with Crippen molar-refractivity contribution in [2.24, 2.45) is 0 Å². The summed E-state index contributed by atoms with van der Waals surface area (Å²) in [6, 6.07) is 14.1. The topological polar surface area (TPSA) is 55.4 Å². The number of rotatable bonds is 5. The van der Waals surface area contributed by atoms with E-state index in [-0.39, 0.29) is 18.0 Å². The second kappa shape index (κ2) is 9.06. The van der Waals surface area contributed by atoms with E-state index in [2.05, 4.69) is 18.3 Å². The Morgan fingerprint density at radius 3 is 2.79 bits per heavy atom. The van der Waals surface area contributed by atoms with Crippen molar-refractivity contribution in [2.45, 2.75) is 38.3 Å². The maximum atomic E-state index is 13.0. The van der Waals surface area contributed by atoms with Crippen LogP contribution >= 0.6 is 11.6 Å². The fourth-order valence-corrected chi connectivity index (χ4v) is 4.47. The summed E-state index contributed by atoms with van der Waals surface area (Å²) < 4.78 is 11.6. The molecular weight excluding hydrogens is 388 g/mol. The molecule has 4 rings (SSSR count). The van der Waals surface area contributed by atoms with Crippen LogP contribution in [0.4, 0.5) is 0 Å². The standard InChI is InChI=1S/C23H27ClN2O3/c1-16(18-6-2-3-7-19(18)24)25-15-23(27)26-11-4-8-20(26)17-9-10-21-22(14-17)29-13-5-12-28-21/h2-3,6-7,9-10,14,16,20,25H,4-5,8,11-13,15H2,1H3/p+1/t16-,20+/m1/s1. The minimum Gasteiger partial charge on any atom is -0.490 e. The molecule has 1 saturated heterocycles. The van der Waals surface area contributed by atoms with Gasteiger partial charge in [-0.2, -0.15) is 0 Å². The van der Waals surface area contributed by atoms with E-state index in [1.807, 2.05) is 41.3 Å². The molecule has 0 bridgehead atoms. The monoisotopic (exact) mass is 415 g/mol. The van der Waals surface area contributed by atoms with E-state index >= 15 is 0 Å². The van der Waals surface area contributed by atoms with E-state index in [1.165, 1.54) is 0 Å². The summed E-state index contributed by atoms with van der Waals surface area (Å²) in [7, 11) is 0. The average Bonchev–Trinajstić information content (AvgIpc) is 3.11. The average molecular weight is 416 g/mol. The molecule has 0 unspecified atom stereocenters. The van der Waals surface area contributed by atoms with Crippen LogP contribution in [0, 0.1) is 0 Å². The number of amides is 1. The largest absolute Gasteiger partial charge is 0.490 e. The van der Waals surface area contributed by atoms with Crippen molar-refractivity contribution >= 4 is 17.5 Å². The number of halogens is 1. The summed E-state index contributed by atoms with van der Waals surface area (Å²) in [5.74, 6) is 1.75. The minimum absolute atomic E-state index is 0.101. The number of quaternary nitrogens is 1. The highest BCUT2D eigenvalue weighted by Crippen LogP contribution is 2.37. The molecule has 0 saturated carbocycles. The van der Waals surface area contributed by atoms with Crippen LogP contribution in [-0.4, -0.2) is 37.1 Å². The van der Waals surface area contributed by atoms with E-state index in [0.717, 1.165) is 53.5 Å². The van der Waals surface area contributed by atoms with Gasteiger partial charge in [0.05, 0.1) is 19.3 Å². The van der Waals surface area contributed by atoms with Crippen molar-refractivity contribution in [1.29, 1.82) is 0 Å². The van der Waals surface area contributed by atoms with Gasteiger partial charge >= 0.3 is 0 Å². The zero-order valence-electron chi connectivity index (χ0n) is 16.8. The summed E-state index contributed by atoms with van der Waals surface area (Å²) in [6.45, 7) is 4.64. The summed E-state index contributed by atoms with van der Waals surface area (Å²) in [6.07, 6.45) is 2.88. The van der Waals surface area contributed by atoms with Crippen LogP contribution in [-0.2, 0) is 4.79 Å². The first-order chi connectivity index (χ1) is 14.1. The number of carbonyl (C=O) groups is 1. The molecule has 0 aromatic heterocycles. The van der Waals surface area contributed by atoms with Crippen LogP contribution in [0.25, 0.3) is 0 Å². The van der Waals surface area contributed by atoms with E-state index in [0.29, 0.717) is 19.8 Å². The fraction of sp³-hybridized carbons (Fsp3) is 0.435. The third-order valence-corrected chi connectivity index (χ3v) is 6.12. The van der Waals surface area contributed by atoms with Gasteiger partial charge in [-0.25, -0.2) is 0 Å². The Bertz CT molecular complexity index is 873. The SMILES string of the molecule is C[C@@H]([NH2+]CC(=O)N1CCC[C@H]1c1ccc2c(c1)OCCCO2)c1ccccc1Cl. The highest BCUT2D eigenvalue weighted by Gasteiger charge is 2.31. The molecule has 2 atom stereocenters. The summed E-state index contributed by atoms with van der Waals surface area (Å²) in [4.78, 5) is 15.0. The van der Waals surface area contributed by atoms with Crippen molar-refractivity contribution in [1.82, 2.24) is 4.90 Å². The Morgan fingerprint density at radius 2 is 1.97 bits per heavy atom. The van der Waals surface area contributed by atoms with Crippen molar-refractivity contribution in [2.75, 3.05) is 26.3 Å². The van der Waals surface area contributed by atoms with Gasteiger partial charge in [-0.05, 0) is 43.5 Å². The number of benzene rings is 2. The number of carbonyl (C=O) groups excluding carboxylic acids is 1. The highest BCUT2D eigenvalue weighted by molar-refractivity contribution is 6.31. The molecule has 154 valence electrons. The van der Waals surface area contributed by atoms with Crippen molar-refractivity contribution in [3.05, 3.63) is 58.6 Å². The Labute approximate surface area is 176 Å². The Balaban J connectivity index is 1.42. The zero-order valence-corrected chi connectivity index (χ0v) is 17.5. The Morgan fingerprint density at radius 1 is 1.17 bits per heavy atom. The van der Waals surface area contributed by atoms with Gasteiger partial charge in [0.2, 0.25) is 0 Å². The number of ether oxygens (including phenoxy) is 2. The number of nitrogens with zero attached hydrogens (tertiary/aromatic N) is 1. The molecule has 29 heavy (non-hydrogen) atoms. The van der Waals surface area contributed by atoms with E-state index in [1.54, 1.807) is 0 Å². The third kappa shape index (κ3) is 4.51. The summed E-state index contributed by atoms with van der Waals surface area (Å²) >= 11 is 6.30. The lowest BCUT2D eigenvalue weighted by Gasteiger charge is -2.25. The van der Waals surface area contributed by atoms with Gasteiger partial charge in [0, 0.05) is 23.6 Å². The molecule has 1 fully saturated rings. The first-order valence-electron chi connectivity index (χ1n) is 10.4. The smallest absolute Gasteiger partial charge is 0.278 e. The van der Waals surface area contributed by atoms with Gasteiger partial charge in [-0.3, -0.25) is 4.79 Å². The van der Waals surface area contributed by atoms with Crippen molar-refractivity contribution in [3.63, 3.8) is 0 Å². The molecular formula is C23H28ClN2O3+. The van der Waals surface area contributed by atoms with Gasteiger partial charge < -0.3 is 19.7 Å². The molecule has 2 aromatic carbocycles. The normalized spacial score (nSPS) is 19.7. The van der Waals surface area contributed by atoms with E-state index < -0.39 is 0 Å². The number of hydrogen-bond acceptors (Lipinski definition) is 3. The lowest BCUT2D eigenvalue weighted by atomic mass is 10.0. The molecule has 0 aliphatic carbocycles. The lowest BCUT2D eigenvalue weighted by molar-refractivity contribution is -0.683. The number of likely N-dealkylation sites (tertiary alicyclic amines) is 1. The van der Waals surface area contributed by atoms with Crippen LogP contribution < -0.4 is 14.8 Å². The molecule has 5 nitrogen and oxygen atoms in total. The third-order valence-electron chi connectivity index (χ3n) is 5.77. The Kier molecular flexibility index (Phi) is 6.26. The van der Waals surface area contributed by atoms with Gasteiger partial charge in [0.15, 0.2) is 18.0 Å². The second-order valence-electron chi connectivity index (χ2n) is 7.75. The van der Waals surface area contributed by atoms with Crippen molar-refractivity contribution < 1.29 is 19.6 Å². The first kappa shape index (κ1) is 20.0. The first-order valence-corrected chi connectivity index (χ1v) is 10.8. The van der Waals surface area contributed by atoms with Crippen LogP contribution in [0.1, 0.15) is 49.4 Å². The molecule has 2 N–H and O–H groups in total. The molecule has 0 spiro atoms. The van der Waals surface area contributed by atoms with Gasteiger partial charge in [-0.1, -0.05) is 35.9 Å². The van der Waals surface area contributed by atoms with Crippen LogP contribution in [0.3, 0.4) is 0 Å². The zero-order chi connectivity index (χ0) is 20.2. The maximum absolute atomic E-state index is 13.0. The fourth-order valence-electron chi connectivity index (χ4n) is 4.17. The Hall–Kier alpha value is -2.24. The number of nitrogens with two attached hydrogens (primary N) is 1. The molecule has 2 aliphatic rings. The molecule has 0 radical (unpaired) electrons.